The van der Waals surface area contributed by atoms with Gasteiger partial charge in [0.05, 0.1) is 7.11 Å². The molecule has 0 spiro atoms. The lowest BCUT2D eigenvalue weighted by molar-refractivity contribution is 0.414. The first-order chi connectivity index (χ1) is 5.24. The quantitative estimate of drug-likeness (QED) is 0.482. The molecule has 0 saturated carbocycles. The second-order valence-electron chi connectivity index (χ2n) is 2.06. The van der Waals surface area contributed by atoms with Crippen LogP contribution in [0.3, 0.4) is 0 Å². The van der Waals surface area contributed by atoms with Gasteiger partial charge in [-0.05, 0) is 24.3 Å². The van der Waals surface area contributed by atoms with Crippen LogP contribution in [-0.2, 0) is 0 Å². The van der Waals surface area contributed by atoms with E-state index in [0.717, 1.165) is 5.75 Å². The highest BCUT2D eigenvalue weighted by Crippen LogP contribution is 2.09. The van der Waals surface area contributed by atoms with Crippen molar-refractivity contribution in [2.24, 2.45) is 5.73 Å². The van der Waals surface area contributed by atoms with Gasteiger partial charge in [-0.2, -0.15) is 0 Å². The fourth-order valence-corrected chi connectivity index (χ4v) is 0.705. The number of ether oxygens (including phenoxy) is 1. The van der Waals surface area contributed by atoms with Crippen LogP contribution in [0.5, 0.6) is 5.75 Å². The van der Waals surface area contributed by atoms with Gasteiger partial charge in [0.2, 0.25) is 0 Å². The highest BCUT2D eigenvalue weighted by Gasteiger charge is 1.95. The van der Waals surface area contributed by atoms with E-state index in [-0.39, 0.29) is 5.84 Å². The molecule has 1 rings (SSSR count). The Kier molecular flexibility index (Phi) is 2.11. The van der Waals surface area contributed by atoms with Crippen molar-refractivity contribution in [1.29, 1.82) is 5.41 Å². The Morgan fingerprint density at radius 2 is 2.36 bits per heavy atom. The van der Waals surface area contributed by atoms with Crippen molar-refractivity contribution in [3.8, 4) is 5.75 Å². The van der Waals surface area contributed by atoms with Gasteiger partial charge in [-0.15, -0.1) is 0 Å². The number of nitrogens with one attached hydrogen (secondary N) is 1. The van der Waals surface area contributed by atoms with E-state index < -0.39 is 0 Å². The van der Waals surface area contributed by atoms with Crippen LogP contribution in [0.15, 0.2) is 18.2 Å². The van der Waals surface area contributed by atoms with E-state index in [4.69, 9.17) is 15.9 Å². The average Bonchev–Trinajstić information content (AvgIpc) is 2.05. The molecule has 0 aliphatic carbocycles. The van der Waals surface area contributed by atoms with Gasteiger partial charge < -0.3 is 10.5 Å². The van der Waals surface area contributed by atoms with Gasteiger partial charge in [-0.25, -0.2) is 0 Å². The summed E-state index contributed by atoms with van der Waals surface area (Å²) in [6.07, 6.45) is 0. The maximum absolute atomic E-state index is 7.07. The van der Waals surface area contributed by atoms with E-state index in [1.54, 1.807) is 25.3 Å². The molecule has 11 heavy (non-hydrogen) atoms. The normalized spacial score (nSPS) is 9.18. The summed E-state index contributed by atoms with van der Waals surface area (Å²) in [5.74, 6) is 0.739. The molecule has 0 heterocycles. The van der Waals surface area contributed by atoms with Crippen molar-refractivity contribution < 1.29 is 4.74 Å². The first-order valence-corrected chi connectivity index (χ1v) is 3.14. The molecule has 0 aromatic heterocycles. The number of hydrogen-bond acceptors (Lipinski definition) is 2. The molecular weight excluding hydrogens is 140 g/mol. The third kappa shape index (κ3) is 1.70. The molecular formula is C8H9N2O. The van der Waals surface area contributed by atoms with Crippen LogP contribution in [0.25, 0.3) is 0 Å². The van der Waals surface area contributed by atoms with E-state index >= 15 is 0 Å². The SMILES string of the molecule is COc1c[c]c(C(=N)N)cc1. The van der Waals surface area contributed by atoms with Crippen molar-refractivity contribution in [2.45, 2.75) is 0 Å². The lowest BCUT2D eigenvalue weighted by atomic mass is 10.2. The van der Waals surface area contributed by atoms with E-state index in [1.807, 2.05) is 0 Å². The maximum atomic E-state index is 7.07. The van der Waals surface area contributed by atoms with E-state index in [9.17, 15) is 0 Å². The fourth-order valence-electron chi connectivity index (χ4n) is 0.705. The molecule has 0 unspecified atom stereocenters. The summed E-state index contributed by atoms with van der Waals surface area (Å²) in [4.78, 5) is 0. The Morgan fingerprint density at radius 1 is 1.64 bits per heavy atom. The monoisotopic (exact) mass is 149 g/mol. The predicted molar refractivity (Wildman–Crippen MR) is 42.8 cm³/mol. The molecule has 0 amide bonds. The predicted octanol–water partition coefficient (Wildman–Crippen LogP) is 0.779. The van der Waals surface area contributed by atoms with E-state index in [2.05, 4.69) is 6.07 Å². The van der Waals surface area contributed by atoms with Crippen LogP contribution in [-0.4, -0.2) is 12.9 Å². The molecule has 0 bridgehead atoms. The Balaban J connectivity index is 2.91. The summed E-state index contributed by atoms with van der Waals surface area (Å²) in [5.41, 5.74) is 5.81. The minimum absolute atomic E-state index is 0.0210. The zero-order chi connectivity index (χ0) is 8.27. The van der Waals surface area contributed by atoms with Crippen LogP contribution >= 0.6 is 0 Å². The number of nitrogens with two attached hydrogens (primary N) is 1. The van der Waals surface area contributed by atoms with Crippen molar-refractivity contribution in [1.82, 2.24) is 0 Å². The molecule has 1 aromatic rings. The van der Waals surface area contributed by atoms with Gasteiger partial charge in [0.25, 0.3) is 0 Å². The number of nitrogen functional groups attached to an aromatic ring is 1. The highest BCUT2D eigenvalue weighted by molar-refractivity contribution is 5.94. The number of rotatable bonds is 2. The molecule has 3 nitrogen and oxygen atoms in total. The molecule has 0 atom stereocenters. The number of methoxy groups -OCH3 is 1. The van der Waals surface area contributed by atoms with Gasteiger partial charge in [0.15, 0.2) is 0 Å². The Bertz CT molecular complexity index is 253. The van der Waals surface area contributed by atoms with E-state index in [0.29, 0.717) is 5.56 Å². The zero-order valence-electron chi connectivity index (χ0n) is 6.22. The molecule has 1 radical (unpaired) electrons. The van der Waals surface area contributed by atoms with Crippen molar-refractivity contribution in [3.63, 3.8) is 0 Å². The molecule has 1 aromatic carbocycles. The van der Waals surface area contributed by atoms with Gasteiger partial charge in [-0.1, -0.05) is 0 Å². The van der Waals surface area contributed by atoms with Crippen molar-refractivity contribution in [3.05, 3.63) is 29.8 Å². The molecule has 0 aliphatic heterocycles. The summed E-state index contributed by atoms with van der Waals surface area (Å²) in [6.45, 7) is 0. The lowest BCUT2D eigenvalue weighted by Crippen LogP contribution is -2.10. The first kappa shape index (κ1) is 7.60. The van der Waals surface area contributed by atoms with Crippen LogP contribution < -0.4 is 10.5 Å². The minimum Gasteiger partial charge on any atom is -0.497 e. The van der Waals surface area contributed by atoms with E-state index in [1.165, 1.54) is 0 Å². The Hall–Kier alpha value is -1.51. The number of benzene rings is 1. The van der Waals surface area contributed by atoms with Crippen molar-refractivity contribution >= 4 is 5.84 Å². The molecule has 57 valence electrons. The highest BCUT2D eigenvalue weighted by atomic mass is 16.5. The van der Waals surface area contributed by atoms with Crippen molar-refractivity contribution in [2.75, 3.05) is 7.11 Å². The lowest BCUT2D eigenvalue weighted by Gasteiger charge is -1.99. The van der Waals surface area contributed by atoms with Crippen LogP contribution in [0.2, 0.25) is 0 Å². The average molecular weight is 149 g/mol. The summed E-state index contributed by atoms with van der Waals surface area (Å²) in [5, 5.41) is 7.07. The Labute approximate surface area is 65.3 Å². The number of hydrogen-bond donors (Lipinski definition) is 2. The summed E-state index contributed by atoms with van der Waals surface area (Å²) in [7, 11) is 1.58. The molecule has 3 N–H and O–H groups in total. The second-order valence-corrected chi connectivity index (χ2v) is 2.06. The van der Waals surface area contributed by atoms with Gasteiger partial charge in [0, 0.05) is 5.56 Å². The summed E-state index contributed by atoms with van der Waals surface area (Å²) in [6, 6.07) is 7.90. The maximum Gasteiger partial charge on any atom is 0.123 e. The van der Waals surface area contributed by atoms with Crippen LogP contribution in [0, 0.1) is 11.5 Å². The molecule has 0 aliphatic rings. The zero-order valence-corrected chi connectivity index (χ0v) is 6.22. The van der Waals surface area contributed by atoms with Crippen LogP contribution in [0.1, 0.15) is 5.56 Å². The van der Waals surface area contributed by atoms with Gasteiger partial charge >= 0.3 is 0 Å². The first-order valence-electron chi connectivity index (χ1n) is 3.14. The van der Waals surface area contributed by atoms with Crippen LogP contribution in [0.4, 0.5) is 0 Å². The third-order valence-corrected chi connectivity index (χ3v) is 1.31. The molecule has 0 saturated heterocycles. The third-order valence-electron chi connectivity index (χ3n) is 1.31. The smallest absolute Gasteiger partial charge is 0.123 e. The molecule has 0 fully saturated rings. The largest absolute Gasteiger partial charge is 0.497 e. The second kappa shape index (κ2) is 3.05. The standard InChI is InChI=1S/C8H9N2O/c1-11-7-4-2-6(3-5-7)8(9)10/h2,4-5H,1H3,(H3,9,10). The molecule has 3 heteroatoms. The summed E-state index contributed by atoms with van der Waals surface area (Å²) < 4.78 is 4.91. The van der Waals surface area contributed by atoms with Gasteiger partial charge in [-0.3, -0.25) is 5.41 Å². The topological polar surface area (TPSA) is 59.1 Å². The Morgan fingerprint density at radius 3 is 2.73 bits per heavy atom. The van der Waals surface area contributed by atoms with Gasteiger partial charge in [0.1, 0.15) is 11.6 Å². The summed E-state index contributed by atoms with van der Waals surface area (Å²) >= 11 is 0. The minimum atomic E-state index is 0.0210. The number of amidine groups is 1. The fraction of sp³-hybridized carbons (Fsp3) is 0.125.